The van der Waals surface area contributed by atoms with Gasteiger partial charge in [0.05, 0.1) is 0 Å². The van der Waals surface area contributed by atoms with E-state index >= 15 is 0 Å². The third-order valence-corrected chi connectivity index (χ3v) is 3.85. The van der Waals surface area contributed by atoms with Crippen LogP contribution in [0, 0.1) is 11.7 Å². The van der Waals surface area contributed by atoms with Gasteiger partial charge in [-0.2, -0.15) is 0 Å². The van der Waals surface area contributed by atoms with Gasteiger partial charge in [-0.25, -0.2) is 4.39 Å². The van der Waals surface area contributed by atoms with Crippen molar-refractivity contribution < 1.29 is 13.9 Å². The molecule has 92 valence electrons. The first kappa shape index (κ1) is 12.7. The number of halogens is 2. The number of ketones is 1. The molecule has 1 saturated heterocycles. The van der Waals surface area contributed by atoms with Crippen LogP contribution in [0.2, 0.25) is 0 Å². The van der Waals surface area contributed by atoms with Crippen molar-refractivity contribution in [2.75, 3.05) is 6.61 Å². The molecule has 4 heteroatoms. The molecule has 2 unspecified atom stereocenters. The predicted molar refractivity (Wildman–Crippen MR) is 66.3 cm³/mol. The van der Waals surface area contributed by atoms with Crippen LogP contribution in [0.25, 0.3) is 0 Å². The van der Waals surface area contributed by atoms with E-state index in [0.717, 1.165) is 10.9 Å². The number of hydrogen-bond acceptors (Lipinski definition) is 2. The molecule has 0 radical (unpaired) electrons. The zero-order chi connectivity index (χ0) is 12.4. The van der Waals surface area contributed by atoms with Gasteiger partial charge in [0.1, 0.15) is 11.9 Å². The summed E-state index contributed by atoms with van der Waals surface area (Å²) in [6.45, 7) is 2.65. The van der Waals surface area contributed by atoms with Crippen molar-refractivity contribution >= 4 is 21.7 Å². The number of carbonyl (C=O) groups excluding carboxylic acids is 1. The second kappa shape index (κ2) is 5.27. The monoisotopic (exact) mass is 300 g/mol. The van der Waals surface area contributed by atoms with Crippen LogP contribution in [0.4, 0.5) is 4.39 Å². The summed E-state index contributed by atoms with van der Waals surface area (Å²) in [5, 5.41) is 0. The minimum Gasteiger partial charge on any atom is -0.370 e. The summed E-state index contributed by atoms with van der Waals surface area (Å²) in [6.07, 6.45) is 0.804. The standard InChI is InChI=1S/C13H14BrFO2/c1-8-4-5-17-13(8)12(16)7-9-6-10(15)2-3-11(9)14/h2-3,6,8,13H,4-5,7H2,1H3. The van der Waals surface area contributed by atoms with Crippen molar-refractivity contribution in [1.82, 2.24) is 0 Å². The topological polar surface area (TPSA) is 26.3 Å². The maximum Gasteiger partial charge on any atom is 0.166 e. The van der Waals surface area contributed by atoms with Gasteiger partial charge in [-0.15, -0.1) is 0 Å². The fourth-order valence-corrected chi connectivity index (χ4v) is 2.46. The van der Waals surface area contributed by atoms with Gasteiger partial charge in [0.15, 0.2) is 5.78 Å². The van der Waals surface area contributed by atoms with Crippen LogP contribution in [0.15, 0.2) is 22.7 Å². The quantitative estimate of drug-likeness (QED) is 0.857. The molecule has 0 bridgehead atoms. The van der Waals surface area contributed by atoms with Crippen molar-refractivity contribution in [2.24, 2.45) is 5.92 Å². The van der Waals surface area contributed by atoms with E-state index in [1.807, 2.05) is 6.92 Å². The Bertz CT molecular complexity index is 433. The van der Waals surface area contributed by atoms with Gasteiger partial charge in [-0.05, 0) is 36.1 Å². The van der Waals surface area contributed by atoms with Crippen LogP contribution < -0.4 is 0 Å². The molecule has 0 aliphatic carbocycles. The number of hydrogen-bond donors (Lipinski definition) is 0. The number of Topliss-reactive ketones (excluding diaryl/α,β-unsaturated/α-hetero) is 1. The fourth-order valence-electron chi connectivity index (χ4n) is 2.07. The molecule has 2 atom stereocenters. The van der Waals surface area contributed by atoms with E-state index in [0.29, 0.717) is 12.2 Å². The highest BCUT2D eigenvalue weighted by molar-refractivity contribution is 9.10. The molecule has 1 aromatic carbocycles. The van der Waals surface area contributed by atoms with Gasteiger partial charge in [-0.1, -0.05) is 22.9 Å². The highest BCUT2D eigenvalue weighted by atomic mass is 79.9. The summed E-state index contributed by atoms with van der Waals surface area (Å²) in [4.78, 5) is 12.0. The Labute approximate surface area is 108 Å². The number of ether oxygens (including phenoxy) is 1. The van der Waals surface area contributed by atoms with Crippen LogP contribution in [0.1, 0.15) is 18.9 Å². The molecule has 0 spiro atoms. The van der Waals surface area contributed by atoms with Crippen LogP contribution in [0.3, 0.4) is 0 Å². The molecule has 2 nitrogen and oxygen atoms in total. The lowest BCUT2D eigenvalue weighted by Gasteiger charge is -2.13. The van der Waals surface area contributed by atoms with Gasteiger partial charge in [0.25, 0.3) is 0 Å². The van der Waals surface area contributed by atoms with E-state index < -0.39 is 0 Å². The zero-order valence-corrected chi connectivity index (χ0v) is 11.2. The molecule has 2 rings (SSSR count). The third-order valence-electron chi connectivity index (χ3n) is 3.08. The Morgan fingerprint density at radius 3 is 3.00 bits per heavy atom. The van der Waals surface area contributed by atoms with Gasteiger partial charge < -0.3 is 4.74 Å². The molecule has 0 amide bonds. The number of rotatable bonds is 3. The summed E-state index contributed by atoms with van der Waals surface area (Å²) in [7, 11) is 0. The lowest BCUT2D eigenvalue weighted by Crippen LogP contribution is -2.26. The Balaban J connectivity index is 2.10. The maximum atomic E-state index is 13.1. The smallest absolute Gasteiger partial charge is 0.166 e. The summed E-state index contributed by atoms with van der Waals surface area (Å²) in [5.41, 5.74) is 0.678. The first-order valence-electron chi connectivity index (χ1n) is 5.66. The van der Waals surface area contributed by atoms with Gasteiger partial charge in [0.2, 0.25) is 0 Å². The van der Waals surface area contributed by atoms with E-state index in [4.69, 9.17) is 4.74 Å². The van der Waals surface area contributed by atoms with E-state index in [9.17, 15) is 9.18 Å². The molecular formula is C13H14BrFO2. The second-order valence-corrected chi connectivity index (χ2v) is 5.29. The van der Waals surface area contributed by atoms with E-state index in [-0.39, 0.29) is 30.0 Å². The average molecular weight is 301 g/mol. The third kappa shape index (κ3) is 2.93. The summed E-state index contributed by atoms with van der Waals surface area (Å²) in [6, 6.07) is 4.38. The Kier molecular flexibility index (Phi) is 3.94. The molecule has 1 aliphatic rings. The summed E-state index contributed by atoms with van der Waals surface area (Å²) >= 11 is 3.32. The van der Waals surface area contributed by atoms with Crippen LogP contribution in [-0.2, 0) is 16.0 Å². The van der Waals surface area contributed by atoms with E-state index in [1.54, 1.807) is 6.07 Å². The lowest BCUT2D eigenvalue weighted by molar-refractivity contribution is -0.128. The molecule has 1 aromatic rings. The van der Waals surface area contributed by atoms with Crippen LogP contribution in [0.5, 0.6) is 0 Å². The van der Waals surface area contributed by atoms with Crippen molar-refractivity contribution in [3.05, 3.63) is 34.1 Å². The normalized spacial score (nSPS) is 23.9. The van der Waals surface area contributed by atoms with Gasteiger partial charge in [-0.3, -0.25) is 4.79 Å². The van der Waals surface area contributed by atoms with Crippen molar-refractivity contribution in [3.63, 3.8) is 0 Å². The first-order valence-corrected chi connectivity index (χ1v) is 6.45. The Morgan fingerprint density at radius 2 is 2.35 bits per heavy atom. The van der Waals surface area contributed by atoms with Gasteiger partial charge in [0, 0.05) is 17.5 Å². The van der Waals surface area contributed by atoms with Crippen LogP contribution >= 0.6 is 15.9 Å². The molecule has 1 heterocycles. The van der Waals surface area contributed by atoms with Crippen molar-refractivity contribution in [3.8, 4) is 0 Å². The SMILES string of the molecule is CC1CCOC1C(=O)Cc1cc(F)ccc1Br. The molecule has 1 fully saturated rings. The van der Waals surface area contributed by atoms with Crippen molar-refractivity contribution in [1.29, 1.82) is 0 Å². The largest absolute Gasteiger partial charge is 0.370 e. The Hall–Kier alpha value is -0.740. The lowest BCUT2D eigenvalue weighted by atomic mass is 9.96. The molecule has 1 aliphatic heterocycles. The van der Waals surface area contributed by atoms with Crippen LogP contribution in [-0.4, -0.2) is 18.5 Å². The maximum absolute atomic E-state index is 13.1. The summed E-state index contributed by atoms with van der Waals surface area (Å²) in [5.74, 6) is -0.0347. The number of benzene rings is 1. The van der Waals surface area contributed by atoms with E-state index in [1.165, 1.54) is 12.1 Å². The first-order chi connectivity index (χ1) is 8.08. The van der Waals surface area contributed by atoms with Crippen molar-refractivity contribution in [2.45, 2.75) is 25.9 Å². The predicted octanol–water partition coefficient (Wildman–Crippen LogP) is 3.12. The fraction of sp³-hybridized carbons (Fsp3) is 0.462. The van der Waals surface area contributed by atoms with Gasteiger partial charge >= 0.3 is 0 Å². The molecule has 0 N–H and O–H groups in total. The zero-order valence-electron chi connectivity index (χ0n) is 9.58. The molecule has 0 aromatic heterocycles. The van der Waals surface area contributed by atoms with E-state index in [2.05, 4.69) is 15.9 Å². The minimum atomic E-state index is -0.329. The highest BCUT2D eigenvalue weighted by Gasteiger charge is 2.30. The summed E-state index contributed by atoms with van der Waals surface area (Å²) < 4.78 is 19.3. The molecule has 17 heavy (non-hydrogen) atoms. The number of carbonyl (C=O) groups is 1. The highest BCUT2D eigenvalue weighted by Crippen LogP contribution is 2.24. The second-order valence-electron chi connectivity index (χ2n) is 4.44. The minimum absolute atomic E-state index is 0.0290. The molecule has 0 saturated carbocycles. The Morgan fingerprint density at radius 1 is 1.59 bits per heavy atom. The molecular weight excluding hydrogens is 287 g/mol. The average Bonchev–Trinajstić information content (AvgIpc) is 2.70.